The van der Waals surface area contributed by atoms with Crippen LogP contribution in [-0.2, 0) is 23.7 Å². The maximum absolute atomic E-state index is 12.7. The Bertz CT molecular complexity index is 976. The molecule has 1 aromatic carbocycles. The molecule has 0 amide bonds. The van der Waals surface area contributed by atoms with Crippen molar-refractivity contribution >= 4 is 11.9 Å². The highest BCUT2D eigenvalue weighted by molar-refractivity contribution is 5.90. The largest absolute Gasteiger partial charge is 0.508 e. The summed E-state index contributed by atoms with van der Waals surface area (Å²) in [6.07, 6.45) is -4.94. The standard InChI is InChI=1S/C24H30O11/c1-10-16(33-22(31)12-4-3-5-13(26)6-12)7-14-15(21(29)30)9-32-23(18(10)14)35-24-20(28)11(2)19(27)17(8-25)34-24/h3-6,9-11,14,16-20,23-28H,7-8H2,1-2H3,(H,29,30). The van der Waals surface area contributed by atoms with E-state index in [-0.39, 0.29) is 23.3 Å². The molecule has 5 N–H and O–H groups in total. The number of phenolic OH excluding ortho intramolecular Hbond substituents is 1. The van der Waals surface area contributed by atoms with E-state index in [0.717, 1.165) is 6.26 Å². The van der Waals surface area contributed by atoms with Gasteiger partial charge in [-0.1, -0.05) is 19.9 Å². The summed E-state index contributed by atoms with van der Waals surface area (Å²) in [6.45, 7) is 2.90. The van der Waals surface area contributed by atoms with Crippen molar-refractivity contribution in [3.05, 3.63) is 41.7 Å². The van der Waals surface area contributed by atoms with Gasteiger partial charge in [0.1, 0.15) is 24.1 Å². The number of carboxylic acids is 1. The number of aromatic hydroxyl groups is 1. The van der Waals surface area contributed by atoms with E-state index < -0.39 is 79.2 Å². The minimum atomic E-state index is -1.24. The first-order chi connectivity index (χ1) is 16.6. The number of aliphatic hydroxyl groups excluding tert-OH is 3. The van der Waals surface area contributed by atoms with Crippen LogP contribution in [0.2, 0.25) is 0 Å². The van der Waals surface area contributed by atoms with Crippen molar-refractivity contribution in [1.82, 2.24) is 0 Å². The minimum absolute atomic E-state index is 0.0136. The van der Waals surface area contributed by atoms with Crippen LogP contribution < -0.4 is 0 Å². The molecule has 1 aromatic rings. The number of carboxylic acid groups (broad SMARTS) is 1. The highest BCUT2D eigenvalue weighted by Gasteiger charge is 2.54. The second-order valence-corrected chi connectivity index (χ2v) is 9.36. The first-order valence-electron chi connectivity index (χ1n) is 11.5. The number of ether oxygens (including phenoxy) is 4. The van der Waals surface area contributed by atoms with Crippen LogP contribution >= 0.6 is 0 Å². The van der Waals surface area contributed by atoms with E-state index in [1.165, 1.54) is 24.3 Å². The number of phenols is 1. The maximum Gasteiger partial charge on any atom is 0.338 e. The number of benzene rings is 1. The molecule has 35 heavy (non-hydrogen) atoms. The van der Waals surface area contributed by atoms with Gasteiger partial charge in [-0.2, -0.15) is 0 Å². The van der Waals surface area contributed by atoms with Crippen LogP contribution in [0.5, 0.6) is 5.75 Å². The van der Waals surface area contributed by atoms with Gasteiger partial charge in [0.15, 0.2) is 6.29 Å². The highest BCUT2D eigenvalue weighted by Crippen LogP contribution is 2.48. The Kier molecular flexibility index (Phi) is 7.34. The SMILES string of the molecule is CC1C(O)C(CO)OC(OC2OC=C(C(=O)O)C3CC(OC(=O)c4cccc(O)c4)C(C)C23)C1O. The van der Waals surface area contributed by atoms with Gasteiger partial charge in [-0.15, -0.1) is 0 Å². The molecule has 0 aromatic heterocycles. The maximum atomic E-state index is 12.7. The van der Waals surface area contributed by atoms with E-state index in [4.69, 9.17) is 18.9 Å². The molecule has 10 atom stereocenters. The molecule has 4 rings (SSSR count). The average molecular weight is 494 g/mol. The lowest BCUT2D eigenvalue weighted by Crippen LogP contribution is -2.56. The number of aliphatic hydroxyl groups is 3. The van der Waals surface area contributed by atoms with Gasteiger partial charge in [0, 0.05) is 23.7 Å². The zero-order valence-electron chi connectivity index (χ0n) is 19.3. The van der Waals surface area contributed by atoms with E-state index in [1.54, 1.807) is 13.8 Å². The number of fused-ring (bicyclic) bond motifs is 1. The Morgan fingerprint density at radius 3 is 2.51 bits per heavy atom. The summed E-state index contributed by atoms with van der Waals surface area (Å²) in [5, 5.41) is 49.6. The smallest absolute Gasteiger partial charge is 0.338 e. The molecule has 0 spiro atoms. The van der Waals surface area contributed by atoms with Crippen LogP contribution in [-0.4, -0.2) is 81.1 Å². The summed E-state index contributed by atoms with van der Waals surface area (Å²) in [4.78, 5) is 24.5. The molecular weight excluding hydrogens is 464 g/mol. The van der Waals surface area contributed by atoms with Crippen molar-refractivity contribution in [2.45, 2.75) is 57.3 Å². The number of esters is 1. The Morgan fingerprint density at radius 2 is 1.86 bits per heavy atom. The molecule has 192 valence electrons. The summed E-state index contributed by atoms with van der Waals surface area (Å²) in [5.74, 6) is -4.10. The van der Waals surface area contributed by atoms with Crippen LogP contribution in [0, 0.1) is 23.7 Å². The lowest BCUT2D eigenvalue weighted by molar-refractivity contribution is -0.334. The van der Waals surface area contributed by atoms with Gasteiger partial charge in [0.05, 0.1) is 30.1 Å². The van der Waals surface area contributed by atoms with Gasteiger partial charge >= 0.3 is 11.9 Å². The Labute approximate surface area is 201 Å². The molecule has 1 aliphatic carbocycles. The zero-order chi connectivity index (χ0) is 25.4. The minimum Gasteiger partial charge on any atom is -0.508 e. The zero-order valence-corrected chi connectivity index (χ0v) is 19.3. The van der Waals surface area contributed by atoms with Gasteiger partial charge in [-0.05, 0) is 24.6 Å². The number of carbonyl (C=O) groups is 2. The van der Waals surface area contributed by atoms with Gasteiger partial charge in [0.2, 0.25) is 6.29 Å². The Morgan fingerprint density at radius 1 is 1.11 bits per heavy atom. The first-order valence-corrected chi connectivity index (χ1v) is 11.5. The second-order valence-electron chi connectivity index (χ2n) is 9.36. The van der Waals surface area contributed by atoms with E-state index >= 15 is 0 Å². The van der Waals surface area contributed by atoms with Crippen molar-refractivity contribution in [1.29, 1.82) is 0 Å². The number of hydrogen-bond acceptors (Lipinski definition) is 10. The molecule has 2 aliphatic heterocycles. The van der Waals surface area contributed by atoms with Crippen LogP contribution in [0.3, 0.4) is 0 Å². The number of hydrogen-bond donors (Lipinski definition) is 5. The monoisotopic (exact) mass is 494 g/mol. The van der Waals surface area contributed by atoms with Crippen LogP contribution in [0.4, 0.5) is 0 Å². The van der Waals surface area contributed by atoms with E-state index in [1.807, 2.05) is 0 Å². The Hall–Kier alpha value is -2.70. The van der Waals surface area contributed by atoms with E-state index in [2.05, 4.69) is 0 Å². The summed E-state index contributed by atoms with van der Waals surface area (Å²) < 4.78 is 22.8. The molecule has 2 fully saturated rings. The molecule has 11 nitrogen and oxygen atoms in total. The normalized spacial score (nSPS) is 38.7. The van der Waals surface area contributed by atoms with Crippen LogP contribution in [0.1, 0.15) is 30.6 Å². The highest BCUT2D eigenvalue weighted by atomic mass is 16.8. The lowest BCUT2D eigenvalue weighted by Gasteiger charge is -2.43. The average Bonchev–Trinajstić information content (AvgIpc) is 3.15. The molecule has 1 saturated carbocycles. The fourth-order valence-electron chi connectivity index (χ4n) is 5.17. The molecule has 3 aliphatic rings. The number of rotatable bonds is 6. The predicted molar refractivity (Wildman–Crippen MR) is 117 cm³/mol. The molecule has 2 heterocycles. The molecule has 11 heteroatoms. The number of aliphatic carboxylic acids is 1. The van der Waals surface area contributed by atoms with Crippen molar-refractivity contribution in [3.8, 4) is 5.75 Å². The molecule has 10 unspecified atom stereocenters. The van der Waals surface area contributed by atoms with Crippen molar-refractivity contribution in [2.24, 2.45) is 23.7 Å². The van der Waals surface area contributed by atoms with Gasteiger partial charge in [0.25, 0.3) is 0 Å². The lowest BCUT2D eigenvalue weighted by atomic mass is 9.83. The third-order valence-corrected chi connectivity index (χ3v) is 7.27. The topological polar surface area (TPSA) is 172 Å². The van der Waals surface area contributed by atoms with Crippen molar-refractivity contribution in [3.63, 3.8) is 0 Å². The Balaban J connectivity index is 1.54. The predicted octanol–water partition coefficient (Wildman–Crippen LogP) is 0.606. The summed E-state index contributed by atoms with van der Waals surface area (Å²) in [6, 6.07) is 5.72. The second kappa shape index (κ2) is 10.1. The third kappa shape index (κ3) is 4.87. The quantitative estimate of drug-likeness (QED) is 0.351. The van der Waals surface area contributed by atoms with E-state index in [9.17, 15) is 35.1 Å². The fraction of sp³-hybridized carbons (Fsp3) is 0.583. The third-order valence-electron chi connectivity index (χ3n) is 7.27. The van der Waals surface area contributed by atoms with Crippen molar-refractivity contribution in [2.75, 3.05) is 6.61 Å². The molecular formula is C24H30O11. The summed E-state index contributed by atoms with van der Waals surface area (Å²) in [7, 11) is 0. The molecule has 0 radical (unpaired) electrons. The fourth-order valence-corrected chi connectivity index (χ4v) is 5.17. The summed E-state index contributed by atoms with van der Waals surface area (Å²) in [5.41, 5.74) is 0.172. The van der Waals surface area contributed by atoms with Crippen LogP contribution in [0.25, 0.3) is 0 Å². The molecule has 0 bridgehead atoms. The van der Waals surface area contributed by atoms with Gasteiger partial charge < -0.3 is 44.5 Å². The first kappa shape index (κ1) is 25.4. The summed E-state index contributed by atoms with van der Waals surface area (Å²) >= 11 is 0. The van der Waals surface area contributed by atoms with Gasteiger partial charge in [-0.25, -0.2) is 9.59 Å². The van der Waals surface area contributed by atoms with Crippen LogP contribution in [0.15, 0.2) is 36.1 Å². The van der Waals surface area contributed by atoms with E-state index in [0.29, 0.717) is 0 Å². The molecule has 1 saturated heterocycles. The van der Waals surface area contributed by atoms with Gasteiger partial charge in [-0.3, -0.25) is 0 Å². The van der Waals surface area contributed by atoms with Crippen molar-refractivity contribution < 1.29 is 54.1 Å². The number of carbonyl (C=O) groups excluding carboxylic acids is 1.